The number of hydrogen-bond donors (Lipinski definition) is 3. The summed E-state index contributed by atoms with van der Waals surface area (Å²) in [5, 5.41) is 13.0. The molecule has 0 fully saturated rings. The smallest absolute Gasteiger partial charge is 0.419 e. The molecule has 0 aliphatic rings. The number of aromatic amines is 1. The number of aryl methyl sites for hydroxylation is 1. The van der Waals surface area contributed by atoms with Crippen molar-refractivity contribution in [2.45, 2.75) is 19.2 Å². The standard InChI is InChI=1S/C21H22F3N3O4/c1-13-20(29)27-16-6-4-8-18(19(16)26-13)31-12-14(28)11-25-9-10-30-17-7-3-2-5-15(17)21(22,23)24/h2-8,14,25,28H,9-12H2,1H3,(H,27,29). The second-order valence-corrected chi connectivity index (χ2v) is 6.81. The zero-order chi connectivity index (χ0) is 22.4. The second-order valence-electron chi connectivity index (χ2n) is 6.81. The van der Waals surface area contributed by atoms with E-state index in [0.717, 1.165) is 6.07 Å². The zero-order valence-corrected chi connectivity index (χ0v) is 16.7. The molecule has 3 N–H and O–H groups in total. The molecular formula is C21H22F3N3O4. The van der Waals surface area contributed by atoms with Gasteiger partial charge >= 0.3 is 6.18 Å². The summed E-state index contributed by atoms with van der Waals surface area (Å²) < 4.78 is 49.6. The van der Waals surface area contributed by atoms with Crippen LogP contribution in [0, 0.1) is 6.92 Å². The second kappa shape index (κ2) is 9.80. The average molecular weight is 437 g/mol. The van der Waals surface area contributed by atoms with Crippen LogP contribution in [0.15, 0.2) is 47.3 Å². The van der Waals surface area contributed by atoms with Gasteiger partial charge in [0, 0.05) is 13.1 Å². The van der Waals surface area contributed by atoms with Crippen LogP contribution in [0.1, 0.15) is 11.3 Å². The number of rotatable bonds is 9. The number of nitrogens with zero attached hydrogens (tertiary/aromatic N) is 1. The highest BCUT2D eigenvalue weighted by Crippen LogP contribution is 2.35. The Morgan fingerprint density at radius 2 is 1.87 bits per heavy atom. The van der Waals surface area contributed by atoms with Crippen LogP contribution in [0.4, 0.5) is 13.2 Å². The lowest BCUT2D eigenvalue weighted by molar-refractivity contribution is -0.138. The van der Waals surface area contributed by atoms with E-state index in [-0.39, 0.29) is 37.6 Å². The van der Waals surface area contributed by atoms with Gasteiger partial charge in [-0.1, -0.05) is 18.2 Å². The Bertz CT molecular complexity index is 1090. The fourth-order valence-corrected chi connectivity index (χ4v) is 2.86. The van der Waals surface area contributed by atoms with E-state index >= 15 is 0 Å². The molecule has 2 aromatic carbocycles. The summed E-state index contributed by atoms with van der Waals surface area (Å²) in [6, 6.07) is 10.1. The highest BCUT2D eigenvalue weighted by atomic mass is 19.4. The minimum Gasteiger partial charge on any atom is -0.492 e. The number of aliphatic hydroxyl groups is 1. The topological polar surface area (TPSA) is 96.5 Å². The third-order valence-electron chi connectivity index (χ3n) is 4.40. The summed E-state index contributed by atoms with van der Waals surface area (Å²) in [5.74, 6) is 0.181. The van der Waals surface area contributed by atoms with E-state index in [0.29, 0.717) is 22.5 Å². The summed E-state index contributed by atoms with van der Waals surface area (Å²) in [5.41, 5.74) is 0.198. The van der Waals surface area contributed by atoms with E-state index in [1.807, 2.05) is 0 Å². The molecule has 0 saturated carbocycles. The van der Waals surface area contributed by atoms with E-state index in [1.54, 1.807) is 25.1 Å². The Hall–Kier alpha value is -3.11. The Labute approximate surface area is 175 Å². The predicted octanol–water partition coefficient (Wildman–Crippen LogP) is 2.66. The van der Waals surface area contributed by atoms with Crippen molar-refractivity contribution in [1.82, 2.24) is 15.3 Å². The van der Waals surface area contributed by atoms with Crippen LogP contribution in [0.5, 0.6) is 11.5 Å². The van der Waals surface area contributed by atoms with Crippen LogP contribution < -0.4 is 20.3 Å². The van der Waals surface area contributed by atoms with Crippen LogP contribution in [-0.2, 0) is 6.18 Å². The fourth-order valence-electron chi connectivity index (χ4n) is 2.86. The monoisotopic (exact) mass is 437 g/mol. The van der Waals surface area contributed by atoms with Gasteiger partial charge in [-0.25, -0.2) is 4.98 Å². The van der Waals surface area contributed by atoms with Crippen molar-refractivity contribution in [2.75, 3.05) is 26.3 Å². The molecule has 0 aliphatic carbocycles. The van der Waals surface area contributed by atoms with E-state index in [4.69, 9.17) is 9.47 Å². The number of para-hydroxylation sites is 2. The molecule has 3 rings (SSSR count). The van der Waals surface area contributed by atoms with Crippen LogP contribution in [0.2, 0.25) is 0 Å². The number of benzene rings is 2. The van der Waals surface area contributed by atoms with E-state index in [1.165, 1.54) is 18.2 Å². The maximum atomic E-state index is 12.9. The van der Waals surface area contributed by atoms with Crippen LogP contribution >= 0.6 is 0 Å². The van der Waals surface area contributed by atoms with Crippen molar-refractivity contribution in [3.8, 4) is 11.5 Å². The molecular weight excluding hydrogens is 415 g/mol. The van der Waals surface area contributed by atoms with Gasteiger partial charge in [-0.3, -0.25) is 4.79 Å². The molecule has 166 valence electrons. The number of fused-ring (bicyclic) bond motifs is 1. The van der Waals surface area contributed by atoms with Gasteiger partial charge in [0.05, 0.1) is 11.1 Å². The maximum absolute atomic E-state index is 12.9. The number of alkyl halides is 3. The van der Waals surface area contributed by atoms with Crippen molar-refractivity contribution >= 4 is 11.0 Å². The molecule has 3 aromatic rings. The molecule has 10 heteroatoms. The number of nitrogens with one attached hydrogen (secondary N) is 2. The lowest BCUT2D eigenvalue weighted by atomic mass is 10.2. The van der Waals surface area contributed by atoms with Crippen molar-refractivity contribution in [2.24, 2.45) is 0 Å². The number of hydrogen-bond acceptors (Lipinski definition) is 6. The first-order valence-corrected chi connectivity index (χ1v) is 9.56. The summed E-state index contributed by atoms with van der Waals surface area (Å²) in [6.45, 7) is 1.94. The minimum absolute atomic E-state index is 0.000549. The highest BCUT2D eigenvalue weighted by molar-refractivity contribution is 5.80. The lowest BCUT2D eigenvalue weighted by Crippen LogP contribution is -2.33. The molecule has 0 spiro atoms. The molecule has 1 aromatic heterocycles. The average Bonchev–Trinajstić information content (AvgIpc) is 2.72. The van der Waals surface area contributed by atoms with Gasteiger partial charge in [-0.2, -0.15) is 13.2 Å². The van der Waals surface area contributed by atoms with Crippen molar-refractivity contribution in [1.29, 1.82) is 0 Å². The van der Waals surface area contributed by atoms with Crippen molar-refractivity contribution in [3.63, 3.8) is 0 Å². The summed E-state index contributed by atoms with van der Waals surface area (Å²) in [4.78, 5) is 18.6. The molecule has 0 bridgehead atoms. The quantitative estimate of drug-likeness (QED) is 0.446. The molecule has 1 heterocycles. The lowest BCUT2D eigenvalue weighted by Gasteiger charge is -2.16. The van der Waals surface area contributed by atoms with Gasteiger partial charge in [0.15, 0.2) is 0 Å². The van der Waals surface area contributed by atoms with E-state index in [9.17, 15) is 23.1 Å². The van der Waals surface area contributed by atoms with Crippen molar-refractivity contribution in [3.05, 3.63) is 64.1 Å². The summed E-state index contributed by atoms with van der Waals surface area (Å²) >= 11 is 0. The van der Waals surface area contributed by atoms with Gasteiger partial charge < -0.3 is 24.9 Å². The van der Waals surface area contributed by atoms with Crippen LogP contribution in [-0.4, -0.2) is 47.5 Å². The molecule has 0 radical (unpaired) electrons. The number of aromatic nitrogens is 2. The first-order chi connectivity index (χ1) is 14.8. The van der Waals surface area contributed by atoms with Crippen LogP contribution in [0.25, 0.3) is 11.0 Å². The van der Waals surface area contributed by atoms with Gasteiger partial charge in [-0.15, -0.1) is 0 Å². The molecule has 0 aliphatic heterocycles. The third-order valence-corrected chi connectivity index (χ3v) is 4.40. The SMILES string of the molecule is Cc1nc2c(OCC(O)CNCCOc3ccccc3C(F)(F)F)cccc2[nH]c1=O. The zero-order valence-electron chi connectivity index (χ0n) is 16.7. The molecule has 0 amide bonds. The third kappa shape index (κ3) is 5.96. The number of H-pyrrole nitrogens is 1. The maximum Gasteiger partial charge on any atom is 0.419 e. The van der Waals surface area contributed by atoms with Gasteiger partial charge in [0.1, 0.15) is 42.0 Å². The molecule has 1 unspecified atom stereocenters. The first kappa shape index (κ1) is 22.6. The largest absolute Gasteiger partial charge is 0.492 e. The van der Waals surface area contributed by atoms with Gasteiger partial charge in [0.2, 0.25) is 0 Å². The minimum atomic E-state index is -4.49. The Kier molecular flexibility index (Phi) is 7.13. The van der Waals surface area contributed by atoms with Crippen LogP contribution in [0.3, 0.4) is 0 Å². The summed E-state index contributed by atoms with van der Waals surface area (Å²) in [7, 11) is 0. The van der Waals surface area contributed by atoms with Gasteiger partial charge in [0.25, 0.3) is 5.56 Å². The number of halogens is 3. The van der Waals surface area contributed by atoms with Crippen molar-refractivity contribution < 1.29 is 27.8 Å². The summed E-state index contributed by atoms with van der Waals surface area (Å²) in [6.07, 6.45) is -5.36. The first-order valence-electron chi connectivity index (χ1n) is 9.56. The highest BCUT2D eigenvalue weighted by Gasteiger charge is 2.33. The molecule has 1 atom stereocenters. The predicted molar refractivity (Wildman–Crippen MR) is 108 cm³/mol. The van der Waals surface area contributed by atoms with Gasteiger partial charge in [-0.05, 0) is 31.2 Å². The Morgan fingerprint density at radius 3 is 2.65 bits per heavy atom. The molecule has 7 nitrogen and oxygen atoms in total. The van der Waals surface area contributed by atoms with E-state index in [2.05, 4.69) is 15.3 Å². The Morgan fingerprint density at radius 1 is 1.13 bits per heavy atom. The fraction of sp³-hybridized carbons (Fsp3) is 0.333. The number of aliphatic hydroxyl groups excluding tert-OH is 1. The Balaban J connectivity index is 1.45. The normalized spacial score (nSPS) is 12.7. The molecule has 0 saturated heterocycles. The van der Waals surface area contributed by atoms with E-state index < -0.39 is 17.8 Å². The number of ether oxygens (including phenoxy) is 2. The molecule has 31 heavy (non-hydrogen) atoms.